The van der Waals surface area contributed by atoms with Crippen LogP contribution in [-0.2, 0) is 0 Å². The number of benzene rings is 1. The van der Waals surface area contributed by atoms with Crippen LogP contribution in [0.25, 0.3) is 11.0 Å². The maximum Gasteiger partial charge on any atom is 0.371 e. The Bertz CT molecular complexity index is 735. The number of hydrogen-bond acceptors (Lipinski definition) is 3. The first-order valence-corrected chi connectivity index (χ1v) is 8.81. The number of fused-ring (bicyclic) bond motifs is 1. The number of furan rings is 1. The molecule has 1 heterocycles. The van der Waals surface area contributed by atoms with E-state index in [0.29, 0.717) is 28.3 Å². The normalized spacial score (nSPS) is 14.0. The summed E-state index contributed by atoms with van der Waals surface area (Å²) in [4.78, 5) is 23.9. The summed E-state index contributed by atoms with van der Waals surface area (Å²) in [6, 6.07) is 4.86. The van der Waals surface area contributed by atoms with E-state index < -0.39 is 10.3 Å². The summed E-state index contributed by atoms with van der Waals surface area (Å²) < 4.78 is 4.62. The Kier molecular flexibility index (Phi) is 5.12. The molecule has 0 saturated heterocycles. The van der Waals surface area contributed by atoms with E-state index in [-0.39, 0.29) is 11.5 Å². The van der Waals surface area contributed by atoms with Crippen LogP contribution in [0, 0.1) is 6.92 Å². The molecule has 0 aliphatic heterocycles. The van der Waals surface area contributed by atoms with Crippen LogP contribution in [0.2, 0.25) is 0 Å². The molecule has 2 rings (SSSR count). The number of aromatic carboxylic acids is 1. The summed E-state index contributed by atoms with van der Waals surface area (Å²) in [7, 11) is 0. The van der Waals surface area contributed by atoms with Gasteiger partial charge in [0, 0.05) is 16.3 Å². The fourth-order valence-electron chi connectivity index (χ4n) is 2.42. The van der Waals surface area contributed by atoms with E-state index in [1.807, 2.05) is 13.8 Å². The molecule has 1 aromatic heterocycles. The first-order chi connectivity index (χ1) is 10.3. The SMILES string of the molecule is CCCC(Br)(CBr)C(=O)c1cc2cc(C(=O)O)oc2cc1C. The molecule has 1 aromatic carbocycles. The van der Waals surface area contributed by atoms with Crippen molar-refractivity contribution in [2.24, 2.45) is 0 Å². The zero-order valence-corrected chi connectivity index (χ0v) is 15.5. The largest absolute Gasteiger partial charge is 0.475 e. The first kappa shape index (κ1) is 17.2. The van der Waals surface area contributed by atoms with Crippen molar-refractivity contribution >= 4 is 54.6 Å². The van der Waals surface area contributed by atoms with E-state index in [2.05, 4.69) is 31.9 Å². The summed E-state index contributed by atoms with van der Waals surface area (Å²) >= 11 is 6.96. The molecule has 0 aliphatic rings. The van der Waals surface area contributed by atoms with Gasteiger partial charge in [0.1, 0.15) is 5.58 Å². The molecule has 0 saturated carbocycles. The third-order valence-corrected chi connectivity index (χ3v) is 6.33. The van der Waals surface area contributed by atoms with E-state index in [9.17, 15) is 9.59 Å². The van der Waals surface area contributed by atoms with Gasteiger partial charge >= 0.3 is 5.97 Å². The van der Waals surface area contributed by atoms with Gasteiger partial charge < -0.3 is 9.52 Å². The van der Waals surface area contributed by atoms with Gasteiger partial charge in [0.2, 0.25) is 5.76 Å². The highest BCUT2D eigenvalue weighted by Crippen LogP contribution is 2.33. The molecule has 0 aliphatic carbocycles. The fraction of sp³-hybridized carbons (Fsp3) is 0.375. The minimum absolute atomic E-state index is 0.0105. The molecule has 0 fully saturated rings. The van der Waals surface area contributed by atoms with Crippen LogP contribution < -0.4 is 0 Å². The van der Waals surface area contributed by atoms with Gasteiger partial charge in [-0.15, -0.1) is 0 Å². The minimum Gasteiger partial charge on any atom is -0.475 e. The van der Waals surface area contributed by atoms with Crippen LogP contribution in [0.4, 0.5) is 0 Å². The molecule has 2 aromatic rings. The van der Waals surface area contributed by atoms with Crippen LogP contribution in [0.3, 0.4) is 0 Å². The maximum atomic E-state index is 12.9. The number of alkyl halides is 2. The summed E-state index contributed by atoms with van der Waals surface area (Å²) in [6.07, 6.45) is 1.58. The van der Waals surface area contributed by atoms with Crippen molar-refractivity contribution < 1.29 is 19.1 Å². The molecule has 0 bridgehead atoms. The summed E-state index contributed by atoms with van der Waals surface area (Å²) in [5.74, 6) is -1.26. The molecule has 118 valence electrons. The van der Waals surface area contributed by atoms with Crippen LogP contribution in [0.15, 0.2) is 22.6 Å². The van der Waals surface area contributed by atoms with Gasteiger partial charge in [0.25, 0.3) is 0 Å². The number of aryl methyl sites for hydroxylation is 1. The van der Waals surface area contributed by atoms with Crippen molar-refractivity contribution in [2.45, 2.75) is 31.0 Å². The second kappa shape index (κ2) is 6.54. The number of ketones is 1. The maximum absolute atomic E-state index is 12.9. The monoisotopic (exact) mass is 430 g/mol. The Hall–Kier alpha value is -1.14. The van der Waals surface area contributed by atoms with Crippen molar-refractivity contribution in [2.75, 3.05) is 5.33 Å². The number of carbonyl (C=O) groups excluding carboxylic acids is 1. The highest BCUT2D eigenvalue weighted by atomic mass is 79.9. The average Bonchev–Trinajstić information content (AvgIpc) is 2.88. The first-order valence-electron chi connectivity index (χ1n) is 6.89. The van der Waals surface area contributed by atoms with Crippen LogP contribution in [0.5, 0.6) is 0 Å². The average molecular weight is 432 g/mol. The van der Waals surface area contributed by atoms with Crippen molar-refractivity contribution in [3.05, 3.63) is 35.1 Å². The lowest BCUT2D eigenvalue weighted by molar-refractivity contribution is 0.0664. The number of halogens is 2. The lowest BCUT2D eigenvalue weighted by Crippen LogP contribution is -2.34. The molecule has 1 unspecified atom stereocenters. The third-order valence-electron chi connectivity index (χ3n) is 3.58. The third kappa shape index (κ3) is 3.13. The molecule has 0 amide bonds. The van der Waals surface area contributed by atoms with Gasteiger partial charge in [-0.1, -0.05) is 45.2 Å². The number of Topliss-reactive ketones (excluding diaryl/α,β-unsaturated/α-hetero) is 1. The smallest absolute Gasteiger partial charge is 0.371 e. The van der Waals surface area contributed by atoms with E-state index in [0.717, 1.165) is 12.0 Å². The van der Waals surface area contributed by atoms with Crippen LogP contribution in [-0.4, -0.2) is 26.5 Å². The van der Waals surface area contributed by atoms with Gasteiger partial charge in [-0.05, 0) is 37.1 Å². The quantitative estimate of drug-likeness (QED) is 0.518. The lowest BCUT2D eigenvalue weighted by atomic mass is 9.91. The lowest BCUT2D eigenvalue weighted by Gasteiger charge is -2.24. The highest BCUT2D eigenvalue weighted by molar-refractivity contribution is 9.12. The molecular weight excluding hydrogens is 416 g/mol. The Labute approximate surface area is 145 Å². The second-order valence-corrected chi connectivity index (χ2v) is 7.38. The number of carboxylic acid groups (broad SMARTS) is 1. The fourth-order valence-corrected chi connectivity index (χ4v) is 3.56. The Balaban J connectivity index is 2.53. The molecule has 0 spiro atoms. The van der Waals surface area contributed by atoms with Crippen molar-refractivity contribution in [1.29, 1.82) is 0 Å². The molecule has 1 N–H and O–H groups in total. The van der Waals surface area contributed by atoms with E-state index in [1.165, 1.54) is 6.07 Å². The zero-order valence-electron chi connectivity index (χ0n) is 12.3. The Morgan fingerprint density at radius 1 is 1.32 bits per heavy atom. The van der Waals surface area contributed by atoms with Gasteiger partial charge in [-0.25, -0.2) is 4.79 Å². The number of hydrogen-bond donors (Lipinski definition) is 1. The highest BCUT2D eigenvalue weighted by Gasteiger charge is 2.35. The summed E-state index contributed by atoms with van der Waals surface area (Å²) in [5.41, 5.74) is 1.82. The summed E-state index contributed by atoms with van der Waals surface area (Å²) in [5, 5.41) is 10.1. The standard InChI is InChI=1S/C16H16Br2O4/c1-3-4-16(18,8-17)14(19)11-6-10-7-13(15(20)21)22-12(10)5-9(11)2/h5-7H,3-4,8H2,1-2H3,(H,20,21). The molecular formula is C16H16Br2O4. The predicted octanol–water partition coefficient (Wildman–Crippen LogP) is 4.95. The van der Waals surface area contributed by atoms with Crippen molar-refractivity contribution in [1.82, 2.24) is 0 Å². The topological polar surface area (TPSA) is 67.5 Å². The van der Waals surface area contributed by atoms with E-state index in [1.54, 1.807) is 12.1 Å². The zero-order chi connectivity index (χ0) is 16.5. The number of carboxylic acids is 1. The van der Waals surface area contributed by atoms with Gasteiger partial charge in [0.15, 0.2) is 5.78 Å². The number of carbonyl (C=O) groups is 2. The van der Waals surface area contributed by atoms with Crippen molar-refractivity contribution in [3.63, 3.8) is 0 Å². The number of rotatable bonds is 6. The Morgan fingerprint density at radius 3 is 2.55 bits per heavy atom. The van der Waals surface area contributed by atoms with Crippen LogP contribution >= 0.6 is 31.9 Å². The predicted molar refractivity (Wildman–Crippen MR) is 92.6 cm³/mol. The molecule has 6 heteroatoms. The Morgan fingerprint density at radius 2 is 2.00 bits per heavy atom. The molecule has 1 atom stereocenters. The van der Waals surface area contributed by atoms with Gasteiger partial charge in [-0.3, -0.25) is 4.79 Å². The van der Waals surface area contributed by atoms with Gasteiger partial charge in [0.05, 0.1) is 4.32 Å². The summed E-state index contributed by atoms with van der Waals surface area (Å²) in [6.45, 7) is 3.85. The van der Waals surface area contributed by atoms with E-state index >= 15 is 0 Å². The molecule has 0 radical (unpaired) electrons. The van der Waals surface area contributed by atoms with E-state index in [4.69, 9.17) is 9.52 Å². The van der Waals surface area contributed by atoms with Gasteiger partial charge in [-0.2, -0.15) is 0 Å². The molecule has 4 nitrogen and oxygen atoms in total. The minimum atomic E-state index is -1.12. The van der Waals surface area contributed by atoms with Crippen molar-refractivity contribution in [3.8, 4) is 0 Å². The second-order valence-electron chi connectivity index (χ2n) is 5.30. The van der Waals surface area contributed by atoms with Crippen LogP contribution in [0.1, 0.15) is 46.2 Å². The molecule has 22 heavy (non-hydrogen) atoms.